The van der Waals surface area contributed by atoms with E-state index < -0.39 is 11.0 Å². The summed E-state index contributed by atoms with van der Waals surface area (Å²) < 4.78 is 4.42. The number of nitro groups is 1. The van der Waals surface area contributed by atoms with Crippen LogP contribution in [0.5, 0.6) is 0 Å². The number of hydrogen-bond donors (Lipinski definition) is 1. The van der Waals surface area contributed by atoms with Crippen LogP contribution in [0.3, 0.4) is 0 Å². The average molecular weight is 278 g/mol. The fraction of sp³-hybridized carbons (Fsp3) is 0.0833. The number of amides is 1. The molecule has 1 N–H and O–H groups in total. The standard InChI is InChI=1S/C12H10N2O4S/c1-18-12(15)13-9-5-4-8(7-10(9)14(16)17)11-3-2-6-19-11/h2-7H,1H3,(H,13,15). The van der Waals surface area contributed by atoms with E-state index >= 15 is 0 Å². The lowest BCUT2D eigenvalue weighted by Crippen LogP contribution is -2.12. The first-order valence-corrected chi connectivity index (χ1v) is 6.17. The number of carbonyl (C=O) groups excluding carboxylic acids is 1. The van der Waals surface area contributed by atoms with Gasteiger partial charge in [-0.1, -0.05) is 12.1 Å². The maximum atomic E-state index is 11.1. The van der Waals surface area contributed by atoms with E-state index in [-0.39, 0.29) is 11.4 Å². The zero-order valence-corrected chi connectivity index (χ0v) is 10.8. The molecule has 1 amide bonds. The first-order chi connectivity index (χ1) is 9.11. The third-order valence-electron chi connectivity index (χ3n) is 2.42. The molecule has 0 atom stereocenters. The van der Waals surface area contributed by atoms with Gasteiger partial charge in [-0.05, 0) is 23.1 Å². The molecule has 1 aromatic heterocycles. The number of carbonyl (C=O) groups is 1. The number of rotatable bonds is 3. The number of thiophene rings is 1. The fourth-order valence-corrected chi connectivity index (χ4v) is 2.27. The van der Waals surface area contributed by atoms with Gasteiger partial charge in [-0.15, -0.1) is 11.3 Å². The van der Waals surface area contributed by atoms with Gasteiger partial charge in [-0.3, -0.25) is 15.4 Å². The molecule has 0 aliphatic carbocycles. The molecular weight excluding hydrogens is 268 g/mol. The highest BCUT2D eigenvalue weighted by Crippen LogP contribution is 2.32. The number of ether oxygens (including phenoxy) is 1. The Bertz CT molecular complexity index is 610. The van der Waals surface area contributed by atoms with Crippen LogP contribution >= 0.6 is 11.3 Å². The Kier molecular flexibility index (Phi) is 3.76. The minimum atomic E-state index is -0.744. The summed E-state index contributed by atoms with van der Waals surface area (Å²) >= 11 is 1.49. The van der Waals surface area contributed by atoms with Crippen LogP contribution in [0.1, 0.15) is 0 Å². The highest BCUT2D eigenvalue weighted by Gasteiger charge is 2.17. The Morgan fingerprint density at radius 2 is 2.21 bits per heavy atom. The minimum absolute atomic E-state index is 0.108. The van der Waals surface area contributed by atoms with Crippen LogP contribution in [-0.2, 0) is 4.74 Å². The third kappa shape index (κ3) is 2.89. The highest BCUT2D eigenvalue weighted by atomic mass is 32.1. The summed E-state index contributed by atoms with van der Waals surface area (Å²) in [5, 5.41) is 15.2. The molecule has 0 spiro atoms. The van der Waals surface area contributed by atoms with Gasteiger partial charge in [0.25, 0.3) is 5.69 Å². The summed E-state index contributed by atoms with van der Waals surface area (Å²) in [7, 11) is 1.20. The van der Waals surface area contributed by atoms with Crippen LogP contribution < -0.4 is 5.32 Å². The smallest absolute Gasteiger partial charge is 0.411 e. The van der Waals surface area contributed by atoms with E-state index in [0.29, 0.717) is 0 Å². The van der Waals surface area contributed by atoms with E-state index in [0.717, 1.165) is 10.4 Å². The topological polar surface area (TPSA) is 81.5 Å². The van der Waals surface area contributed by atoms with Crippen molar-refractivity contribution in [2.45, 2.75) is 0 Å². The molecule has 7 heteroatoms. The van der Waals surface area contributed by atoms with Crippen molar-refractivity contribution in [3.8, 4) is 10.4 Å². The Balaban J connectivity index is 2.41. The quantitative estimate of drug-likeness (QED) is 0.688. The Labute approximate surface area is 112 Å². The molecule has 1 heterocycles. The van der Waals surface area contributed by atoms with Crippen molar-refractivity contribution in [1.82, 2.24) is 0 Å². The number of nitrogens with zero attached hydrogens (tertiary/aromatic N) is 1. The molecule has 0 saturated heterocycles. The van der Waals surface area contributed by atoms with Gasteiger partial charge in [0.2, 0.25) is 0 Å². The molecule has 0 aliphatic rings. The molecule has 0 fully saturated rings. The van der Waals surface area contributed by atoms with E-state index in [4.69, 9.17) is 0 Å². The minimum Gasteiger partial charge on any atom is -0.453 e. The van der Waals surface area contributed by atoms with Crippen LogP contribution in [0.4, 0.5) is 16.2 Å². The number of nitrogens with one attached hydrogen (secondary N) is 1. The molecule has 98 valence electrons. The second kappa shape index (κ2) is 5.49. The van der Waals surface area contributed by atoms with Gasteiger partial charge >= 0.3 is 6.09 Å². The summed E-state index contributed by atoms with van der Waals surface area (Å²) in [5.74, 6) is 0. The normalized spacial score (nSPS) is 9.95. The van der Waals surface area contributed by atoms with Crippen LogP contribution in [0.2, 0.25) is 0 Å². The first kappa shape index (κ1) is 13.0. The Morgan fingerprint density at radius 1 is 1.42 bits per heavy atom. The lowest BCUT2D eigenvalue weighted by atomic mass is 10.1. The number of hydrogen-bond acceptors (Lipinski definition) is 5. The van der Waals surface area contributed by atoms with Crippen molar-refractivity contribution >= 4 is 28.8 Å². The number of nitro benzene ring substituents is 1. The summed E-state index contributed by atoms with van der Waals surface area (Å²) in [6.07, 6.45) is -0.744. The Morgan fingerprint density at radius 3 is 2.79 bits per heavy atom. The second-order valence-electron chi connectivity index (χ2n) is 3.58. The summed E-state index contributed by atoms with van der Waals surface area (Å²) in [4.78, 5) is 22.5. The van der Waals surface area contributed by atoms with Gasteiger partial charge < -0.3 is 4.74 Å². The van der Waals surface area contributed by atoms with Gasteiger partial charge in [0.15, 0.2) is 0 Å². The summed E-state index contributed by atoms with van der Waals surface area (Å²) in [6, 6.07) is 8.37. The third-order valence-corrected chi connectivity index (χ3v) is 3.34. The molecule has 0 bridgehead atoms. The lowest BCUT2D eigenvalue weighted by Gasteiger charge is -2.06. The van der Waals surface area contributed by atoms with Gasteiger partial charge in [-0.25, -0.2) is 4.79 Å². The largest absolute Gasteiger partial charge is 0.453 e. The van der Waals surface area contributed by atoms with Crippen molar-refractivity contribution in [3.05, 3.63) is 45.8 Å². The van der Waals surface area contributed by atoms with E-state index in [9.17, 15) is 14.9 Å². The maximum Gasteiger partial charge on any atom is 0.411 e. The van der Waals surface area contributed by atoms with Crippen LogP contribution in [-0.4, -0.2) is 18.1 Å². The number of benzene rings is 1. The second-order valence-corrected chi connectivity index (χ2v) is 4.53. The molecular formula is C12H10N2O4S. The van der Waals surface area contributed by atoms with Crippen LogP contribution in [0, 0.1) is 10.1 Å². The molecule has 19 heavy (non-hydrogen) atoms. The zero-order valence-electron chi connectivity index (χ0n) is 9.95. The van der Waals surface area contributed by atoms with Crippen molar-refractivity contribution in [3.63, 3.8) is 0 Å². The SMILES string of the molecule is COC(=O)Nc1ccc(-c2cccs2)cc1[N+](=O)[O-]. The van der Waals surface area contributed by atoms with Crippen molar-refractivity contribution in [1.29, 1.82) is 0 Å². The van der Waals surface area contributed by atoms with E-state index in [2.05, 4.69) is 10.1 Å². The van der Waals surface area contributed by atoms with Gasteiger partial charge in [0.1, 0.15) is 5.69 Å². The molecule has 0 unspecified atom stereocenters. The molecule has 0 saturated carbocycles. The summed E-state index contributed by atoms with van der Waals surface area (Å²) in [5.41, 5.74) is 0.672. The predicted molar refractivity (Wildman–Crippen MR) is 72.4 cm³/mol. The van der Waals surface area contributed by atoms with E-state index in [1.165, 1.54) is 30.6 Å². The van der Waals surface area contributed by atoms with Gasteiger partial charge in [0.05, 0.1) is 12.0 Å². The molecule has 0 radical (unpaired) electrons. The molecule has 2 aromatic rings. The number of methoxy groups -OCH3 is 1. The molecule has 0 aliphatic heterocycles. The van der Waals surface area contributed by atoms with Crippen molar-refractivity contribution < 1.29 is 14.5 Å². The van der Waals surface area contributed by atoms with Gasteiger partial charge in [0, 0.05) is 10.9 Å². The molecule has 2 rings (SSSR count). The van der Waals surface area contributed by atoms with E-state index in [1.807, 2.05) is 17.5 Å². The zero-order chi connectivity index (χ0) is 13.8. The summed E-state index contributed by atoms with van der Waals surface area (Å²) in [6.45, 7) is 0. The van der Waals surface area contributed by atoms with Crippen molar-refractivity contribution in [2.24, 2.45) is 0 Å². The Hall–Kier alpha value is -2.41. The molecule has 1 aromatic carbocycles. The van der Waals surface area contributed by atoms with Crippen LogP contribution in [0.25, 0.3) is 10.4 Å². The maximum absolute atomic E-state index is 11.1. The van der Waals surface area contributed by atoms with Gasteiger partial charge in [-0.2, -0.15) is 0 Å². The fourth-order valence-electron chi connectivity index (χ4n) is 1.55. The van der Waals surface area contributed by atoms with Crippen LogP contribution in [0.15, 0.2) is 35.7 Å². The monoisotopic (exact) mass is 278 g/mol. The lowest BCUT2D eigenvalue weighted by molar-refractivity contribution is -0.383. The molecule has 6 nitrogen and oxygen atoms in total. The van der Waals surface area contributed by atoms with E-state index in [1.54, 1.807) is 6.07 Å². The number of anilines is 1. The average Bonchev–Trinajstić information content (AvgIpc) is 2.92. The van der Waals surface area contributed by atoms with Crippen molar-refractivity contribution in [2.75, 3.05) is 12.4 Å². The predicted octanol–water partition coefficient (Wildman–Crippen LogP) is 3.50. The first-order valence-electron chi connectivity index (χ1n) is 5.29. The highest BCUT2D eigenvalue weighted by molar-refractivity contribution is 7.13.